The number of carbonyl (C=O) groups is 6. The van der Waals surface area contributed by atoms with E-state index in [2.05, 4.69) is 20.2 Å². The van der Waals surface area contributed by atoms with Crippen molar-refractivity contribution in [1.82, 2.24) is 40.4 Å². The van der Waals surface area contributed by atoms with E-state index in [0.717, 1.165) is 20.4 Å². The smallest absolute Gasteiger partial charge is 0.355 e. The van der Waals surface area contributed by atoms with Gasteiger partial charge in [0.15, 0.2) is 0 Å². The maximum atomic E-state index is 13.9. The molecule has 5 rings (SSSR count). The third-order valence-corrected chi connectivity index (χ3v) is 11.5. The minimum Gasteiger partial charge on any atom is -0.455 e. The number of hydroxylamine groups is 1. The molecule has 2 fully saturated rings. The van der Waals surface area contributed by atoms with Crippen molar-refractivity contribution < 1.29 is 38.7 Å². The number of ether oxygens (including phenoxy) is 1. The summed E-state index contributed by atoms with van der Waals surface area (Å²) >= 11 is 4.92. The summed E-state index contributed by atoms with van der Waals surface area (Å²) in [5, 5.41) is 19.9. The first kappa shape index (κ1) is 34.8. The Bertz CT molecular complexity index is 1600. The number of nitrogens with one attached hydrogen (secondary N) is 3. The van der Waals surface area contributed by atoms with E-state index in [9.17, 15) is 34.0 Å². The van der Waals surface area contributed by atoms with E-state index in [-0.39, 0.29) is 24.5 Å². The summed E-state index contributed by atoms with van der Waals surface area (Å²) < 4.78 is 10.3. The van der Waals surface area contributed by atoms with E-state index < -0.39 is 58.3 Å². The predicted octanol–water partition coefficient (Wildman–Crippen LogP) is 1.14. The van der Waals surface area contributed by atoms with E-state index >= 15 is 0 Å². The number of urea groups is 1. The zero-order valence-corrected chi connectivity index (χ0v) is 28.9. The van der Waals surface area contributed by atoms with Gasteiger partial charge < -0.3 is 25.5 Å². The summed E-state index contributed by atoms with van der Waals surface area (Å²) in [5.74, 6) is -3.73. The lowest BCUT2D eigenvalue weighted by molar-refractivity contribution is -0.174. The number of imide groups is 1. The van der Waals surface area contributed by atoms with Gasteiger partial charge in [-0.1, -0.05) is 10.6 Å². The number of thioether (sulfide) groups is 2. The van der Waals surface area contributed by atoms with Crippen LogP contribution in [0.5, 0.6) is 0 Å². The zero-order valence-electron chi connectivity index (χ0n) is 25.7. The molecule has 0 aliphatic carbocycles. The van der Waals surface area contributed by atoms with Gasteiger partial charge in [-0.3, -0.25) is 29.0 Å². The van der Waals surface area contributed by atoms with Gasteiger partial charge in [-0.2, -0.15) is 5.48 Å². The molecule has 0 saturated carbocycles. The van der Waals surface area contributed by atoms with Crippen LogP contribution in [0.15, 0.2) is 39.2 Å². The topological polar surface area (TPSA) is 203 Å². The summed E-state index contributed by atoms with van der Waals surface area (Å²) in [4.78, 5) is 83.1. The van der Waals surface area contributed by atoms with Gasteiger partial charge in [-0.05, 0) is 56.2 Å². The van der Waals surface area contributed by atoms with Gasteiger partial charge in [0.05, 0.1) is 6.20 Å². The lowest BCUT2D eigenvalue weighted by atomic mass is 9.95. The summed E-state index contributed by atoms with van der Waals surface area (Å²) in [7, 11) is 0. The number of thiophene rings is 1. The molecule has 1 unspecified atom stereocenters. The quantitative estimate of drug-likeness (QED) is 0.0679. The van der Waals surface area contributed by atoms with Crippen molar-refractivity contribution in [3.8, 4) is 0 Å². The van der Waals surface area contributed by atoms with E-state index in [1.807, 2.05) is 5.48 Å². The van der Waals surface area contributed by atoms with Crippen molar-refractivity contribution in [2.45, 2.75) is 54.6 Å². The molecule has 4 N–H and O–H groups in total. The summed E-state index contributed by atoms with van der Waals surface area (Å²) in [6.45, 7) is 7.17. The maximum Gasteiger partial charge on any atom is 0.355 e. The zero-order chi connectivity index (χ0) is 34.1. The molecular formula is C27H32N8O8S4. The molecule has 0 spiro atoms. The molecule has 20 heteroatoms. The van der Waals surface area contributed by atoms with E-state index in [1.165, 1.54) is 44.9 Å². The molecule has 3 aliphatic heterocycles. The van der Waals surface area contributed by atoms with Gasteiger partial charge in [0.2, 0.25) is 11.6 Å². The number of rotatable bonds is 10. The molecule has 47 heavy (non-hydrogen) atoms. The van der Waals surface area contributed by atoms with Crippen LogP contribution >= 0.6 is 46.4 Å². The number of likely N-dealkylation sites (N-methyl/N-ethyl adjacent to an activating group) is 1. The van der Waals surface area contributed by atoms with Gasteiger partial charge in [-0.25, -0.2) is 9.59 Å². The molecule has 252 valence electrons. The van der Waals surface area contributed by atoms with Crippen LogP contribution in [0, 0.1) is 0 Å². The number of piperazine rings is 1. The molecule has 16 nitrogen and oxygen atoms in total. The van der Waals surface area contributed by atoms with Crippen molar-refractivity contribution >= 4 is 82.0 Å². The number of hydrogen-bond donors (Lipinski definition) is 4. The van der Waals surface area contributed by atoms with E-state index in [4.69, 9.17) is 4.74 Å². The Morgan fingerprint density at radius 2 is 1.98 bits per heavy atom. The molecular weight excluding hydrogens is 693 g/mol. The Morgan fingerprint density at radius 3 is 2.60 bits per heavy atom. The number of hydrogen-bond acceptors (Lipinski definition) is 15. The second kappa shape index (κ2) is 13.9. The van der Waals surface area contributed by atoms with Gasteiger partial charge in [-0.15, -0.1) is 40.0 Å². The highest BCUT2D eigenvalue weighted by Gasteiger charge is 2.66. The molecule has 2 aromatic rings. The predicted molar refractivity (Wildman–Crippen MR) is 172 cm³/mol. The normalized spacial score (nSPS) is 22.1. The largest absolute Gasteiger partial charge is 0.455 e. The number of aromatic nitrogens is 2. The molecule has 0 radical (unpaired) electrons. The highest BCUT2D eigenvalue weighted by atomic mass is 32.2. The fourth-order valence-electron chi connectivity index (χ4n) is 5.03. The number of nitrogens with zero attached hydrogens (tertiary/aromatic N) is 5. The minimum absolute atomic E-state index is 0.0104. The monoisotopic (exact) mass is 724 g/mol. The Balaban J connectivity index is 1.38. The minimum atomic E-state index is -2.08. The van der Waals surface area contributed by atoms with Crippen molar-refractivity contribution in [1.29, 1.82) is 0 Å². The van der Waals surface area contributed by atoms with Crippen LogP contribution in [0.3, 0.4) is 0 Å². The first-order valence-electron chi connectivity index (χ1n) is 14.3. The Morgan fingerprint density at radius 1 is 1.21 bits per heavy atom. The van der Waals surface area contributed by atoms with Crippen LogP contribution in [0.2, 0.25) is 0 Å². The molecule has 2 aromatic heterocycles. The van der Waals surface area contributed by atoms with Gasteiger partial charge in [0, 0.05) is 36.0 Å². The molecule has 3 atom stereocenters. The third-order valence-electron chi connectivity index (χ3n) is 7.26. The van der Waals surface area contributed by atoms with Crippen LogP contribution < -0.4 is 16.1 Å². The number of esters is 1. The number of β-lactam (4-membered cyclic amide) rings is 1. The van der Waals surface area contributed by atoms with Crippen LogP contribution in [-0.2, 0) is 28.7 Å². The van der Waals surface area contributed by atoms with Crippen LogP contribution in [0.4, 0.5) is 4.79 Å². The first-order valence-corrected chi connectivity index (χ1v) is 18.0. The molecule has 6 amide bonds. The highest BCUT2D eigenvalue weighted by Crippen LogP contribution is 2.46. The van der Waals surface area contributed by atoms with Crippen LogP contribution in [-0.4, -0.2) is 113 Å². The number of amides is 6. The van der Waals surface area contributed by atoms with Crippen molar-refractivity contribution in [3.05, 3.63) is 39.9 Å². The lowest BCUT2D eigenvalue weighted by Crippen LogP contribution is -2.85. The SMILES string of the molecule is CCN1CCN(C(=O)NC(C(=O)N[C@]2(NO)C(=O)N3C(C(=O)OC(C)(C)C)=C(CSc4cnns4)CS[C@@H]32)c2cccs2)C(=O)C1=O. The van der Waals surface area contributed by atoms with Crippen molar-refractivity contribution in [2.75, 3.05) is 31.1 Å². The lowest BCUT2D eigenvalue weighted by Gasteiger charge is -2.56. The molecule has 2 saturated heterocycles. The van der Waals surface area contributed by atoms with E-state index in [1.54, 1.807) is 51.4 Å². The third kappa shape index (κ3) is 6.88. The fraction of sp³-hybridized carbons (Fsp3) is 0.481. The second-order valence-corrected chi connectivity index (χ2v) is 15.6. The van der Waals surface area contributed by atoms with Gasteiger partial charge in [0.1, 0.15) is 26.9 Å². The van der Waals surface area contributed by atoms with Crippen LogP contribution in [0.25, 0.3) is 0 Å². The molecule has 0 bridgehead atoms. The first-order chi connectivity index (χ1) is 22.3. The summed E-state index contributed by atoms with van der Waals surface area (Å²) in [5.41, 5.74) is -0.383. The fourth-order valence-corrected chi connectivity index (χ4v) is 8.78. The Labute approximate surface area is 285 Å². The number of fused-ring (bicyclic) bond motifs is 1. The van der Waals surface area contributed by atoms with Crippen molar-refractivity contribution in [2.24, 2.45) is 0 Å². The standard InChI is InChI=1S/C27H32N8O8S4/c1-5-33-8-9-34(21(38)20(33)37)25(41)29-17(15-7-6-10-44-15)19(36)30-27(31-42)23(40)35-18(22(39)43-26(2,3)4)14(13-46-24(27)35)12-45-16-11-28-32-47-16/h6-7,10-11,17,24,31,42H,5,8-9,12-13H2,1-4H3,(H,29,41)(H,30,36)/t17?,24-,27+/m1/s1. The molecule has 0 aromatic carbocycles. The Hall–Kier alpha value is -3.56. The molecule has 5 heterocycles. The molecule has 3 aliphatic rings. The highest BCUT2D eigenvalue weighted by molar-refractivity contribution is 8.01. The number of carbonyl (C=O) groups excluding carboxylic acids is 6. The average molecular weight is 725 g/mol. The van der Waals surface area contributed by atoms with E-state index in [0.29, 0.717) is 22.7 Å². The van der Waals surface area contributed by atoms with Crippen molar-refractivity contribution in [3.63, 3.8) is 0 Å². The maximum absolute atomic E-state index is 13.9. The van der Waals surface area contributed by atoms with Gasteiger partial charge in [0.25, 0.3) is 5.91 Å². The summed E-state index contributed by atoms with van der Waals surface area (Å²) in [6.07, 6.45) is 1.59. The Kier molecular flexibility index (Phi) is 10.3. The van der Waals surface area contributed by atoms with Crippen LogP contribution in [0.1, 0.15) is 38.6 Å². The van der Waals surface area contributed by atoms with Gasteiger partial charge >= 0.3 is 23.8 Å². The average Bonchev–Trinajstić information content (AvgIpc) is 3.76. The second-order valence-electron chi connectivity index (χ2n) is 11.5. The summed E-state index contributed by atoms with van der Waals surface area (Å²) in [6, 6.07) is 0.845.